The van der Waals surface area contributed by atoms with Crippen LogP contribution in [0.5, 0.6) is 5.75 Å². The molecule has 0 bridgehead atoms. The fourth-order valence-electron chi connectivity index (χ4n) is 2.42. The van der Waals surface area contributed by atoms with Crippen molar-refractivity contribution >= 4 is 21.8 Å². The van der Waals surface area contributed by atoms with Crippen molar-refractivity contribution in [1.29, 1.82) is 0 Å². The number of benzene rings is 1. The van der Waals surface area contributed by atoms with E-state index in [1.54, 1.807) is 17.0 Å². The number of amides is 1. The molecule has 1 aliphatic heterocycles. The van der Waals surface area contributed by atoms with E-state index in [0.29, 0.717) is 24.8 Å². The summed E-state index contributed by atoms with van der Waals surface area (Å²) in [6.07, 6.45) is 2.06. The number of piperidine rings is 1. The largest absolute Gasteiger partial charge is 0.496 e. The zero-order valence-electron chi connectivity index (χ0n) is 10.9. The van der Waals surface area contributed by atoms with Crippen molar-refractivity contribution in [2.75, 3.05) is 25.5 Å². The smallest absolute Gasteiger partial charge is 0.260 e. The molecule has 1 unspecified atom stereocenters. The molecule has 0 radical (unpaired) electrons. The van der Waals surface area contributed by atoms with Gasteiger partial charge in [0, 0.05) is 18.4 Å². The standard InChI is InChI=1S/C14H17BrFNO2/c1-19-12-6-2-5-11(16)13(12)14(18)17-7-3-4-10(8-15)9-17/h2,5-6,10H,3-4,7-9H2,1H3. The zero-order valence-corrected chi connectivity index (χ0v) is 12.5. The van der Waals surface area contributed by atoms with Gasteiger partial charge in [-0.05, 0) is 30.9 Å². The van der Waals surface area contributed by atoms with Crippen LogP contribution in [0.4, 0.5) is 4.39 Å². The minimum Gasteiger partial charge on any atom is -0.496 e. The highest BCUT2D eigenvalue weighted by molar-refractivity contribution is 9.09. The van der Waals surface area contributed by atoms with E-state index in [-0.39, 0.29) is 11.5 Å². The molecule has 19 heavy (non-hydrogen) atoms. The fourth-order valence-corrected chi connectivity index (χ4v) is 2.94. The molecule has 1 amide bonds. The second-order valence-corrected chi connectivity index (χ2v) is 5.38. The van der Waals surface area contributed by atoms with Crippen molar-refractivity contribution in [3.8, 4) is 5.75 Å². The van der Waals surface area contributed by atoms with E-state index in [1.807, 2.05) is 0 Å². The van der Waals surface area contributed by atoms with Gasteiger partial charge in [-0.15, -0.1) is 0 Å². The van der Waals surface area contributed by atoms with Gasteiger partial charge in [0.25, 0.3) is 5.91 Å². The second kappa shape index (κ2) is 6.37. The van der Waals surface area contributed by atoms with Gasteiger partial charge in [0.2, 0.25) is 0 Å². The molecule has 0 N–H and O–H groups in total. The fraction of sp³-hybridized carbons (Fsp3) is 0.500. The van der Waals surface area contributed by atoms with Crippen LogP contribution < -0.4 is 4.74 Å². The molecule has 1 aromatic carbocycles. The number of carbonyl (C=O) groups is 1. The number of hydrogen-bond donors (Lipinski definition) is 0. The molecule has 0 aliphatic carbocycles. The van der Waals surface area contributed by atoms with Crippen molar-refractivity contribution in [2.45, 2.75) is 12.8 Å². The third-order valence-corrected chi connectivity index (χ3v) is 4.35. The van der Waals surface area contributed by atoms with Gasteiger partial charge in [0.1, 0.15) is 17.1 Å². The molecule has 0 spiro atoms. The number of alkyl halides is 1. The minimum atomic E-state index is -0.523. The van der Waals surface area contributed by atoms with Crippen LogP contribution in [0.3, 0.4) is 0 Å². The van der Waals surface area contributed by atoms with Gasteiger partial charge >= 0.3 is 0 Å². The Balaban J connectivity index is 2.24. The van der Waals surface area contributed by atoms with Gasteiger partial charge in [0.15, 0.2) is 0 Å². The van der Waals surface area contributed by atoms with Crippen LogP contribution in [0.1, 0.15) is 23.2 Å². The maximum absolute atomic E-state index is 13.9. The average molecular weight is 330 g/mol. The molecule has 104 valence electrons. The summed E-state index contributed by atoms with van der Waals surface area (Å²) in [5, 5.41) is 0.866. The van der Waals surface area contributed by atoms with E-state index >= 15 is 0 Å². The minimum absolute atomic E-state index is 0.0419. The van der Waals surface area contributed by atoms with Crippen LogP contribution in [-0.2, 0) is 0 Å². The molecule has 3 nitrogen and oxygen atoms in total. The van der Waals surface area contributed by atoms with E-state index in [1.165, 1.54) is 13.2 Å². The lowest BCUT2D eigenvalue weighted by Crippen LogP contribution is -2.40. The molecule has 0 aromatic heterocycles. The summed E-state index contributed by atoms with van der Waals surface area (Å²) in [4.78, 5) is 14.2. The van der Waals surface area contributed by atoms with Gasteiger partial charge in [-0.25, -0.2) is 4.39 Å². The first kappa shape index (κ1) is 14.3. The average Bonchev–Trinajstić information content (AvgIpc) is 2.46. The predicted octanol–water partition coefficient (Wildman–Crippen LogP) is 3.08. The molecule has 1 aromatic rings. The van der Waals surface area contributed by atoms with Gasteiger partial charge in [-0.1, -0.05) is 22.0 Å². The van der Waals surface area contributed by atoms with Crippen LogP contribution in [0.15, 0.2) is 18.2 Å². The Morgan fingerprint density at radius 2 is 2.37 bits per heavy atom. The van der Waals surface area contributed by atoms with Gasteiger partial charge in [-0.3, -0.25) is 4.79 Å². The monoisotopic (exact) mass is 329 g/mol. The second-order valence-electron chi connectivity index (χ2n) is 4.73. The zero-order chi connectivity index (χ0) is 13.8. The molecule has 1 saturated heterocycles. The Morgan fingerprint density at radius 3 is 3.05 bits per heavy atom. The van der Waals surface area contributed by atoms with E-state index in [9.17, 15) is 9.18 Å². The summed E-state index contributed by atoms with van der Waals surface area (Å²) in [5.74, 6) is -0.0626. The number of ether oxygens (including phenoxy) is 1. The highest BCUT2D eigenvalue weighted by Gasteiger charge is 2.27. The summed E-state index contributed by atoms with van der Waals surface area (Å²) in [5.41, 5.74) is 0.0419. The quantitative estimate of drug-likeness (QED) is 0.797. The molecular weight excluding hydrogens is 313 g/mol. The lowest BCUT2D eigenvalue weighted by molar-refractivity contribution is 0.0677. The molecule has 5 heteroatoms. The van der Waals surface area contributed by atoms with Crippen molar-refractivity contribution in [1.82, 2.24) is 4.90 Å². The van der Waals surface area contributed by atoms with E-state index in [2.05, 4.69) is 15.9 Å². The maximum Gasteiger partial charge on any atom is 0.260 e. The summed E-state index contributed by atoms with van der Waals surface area (Å²) in [6.45, 7) is 1.35. The number of likely N-dealkylation sites (tertiary alicyclic amines) is 1. The molecule has 1 heterocycles. The normalized spacial score (nSPS) is 19.3. The summed E-state index contributed by atoms with van der Waals surface area (Å²) in [6, 6.07) is 4.45. The molecule has 1 fully saturated rings. The number of rotatable bonds is 3. The highest BCUT2D eigenvalue weighted by atomic mass is 79.9. The lowest BCUT2D eigenvalue weighted by atomic mass is 9.99. The van der Waals surface area contributed by atoms with Crippen LogP contribution in [0, 0.1) is 11.7 Å². The third-order valence-electron chi connectivity index (χ3n) is 3.43. The van der Waals surface area contributed by atoms with Crippen LogP contribution in [0.2, 0.25) is 0 Å². The maximum atomic E-state index is 13.9. The number of carbonyl (C=O) groups excluding carboxylic acids is 1. The molecular formula is C14H17BrFNO2. The topological polar surface area (TPSA) is 29.5 Å². The Morgan fingerprint density at radius 1 is 1.58 bits per heavy atom. The number of hydrogen-bond acceptors (Lipinski definition) is 2. The third kappa shape index (κ3) is 3.08. The van der Waals surface area contributed by atoms with Gasteiger partial charge < -0.3 is 9.64 Å². The number of methoxy groups -OCH3 is 1. The van der Waals surface area contributed by atoms with Crippen LogP contribution >= 0.6 is 15.9 Å². The Hall–Kier alpha value is -1.10. The van der Waals surface area contributed by atoms with Crippen LogP contribution in [0.25, 0.3) is 0 Å². The van der Waals surface area contributed by atoms with E-state index in [4.69, 9.17) is 4.74 Å². The summed E-state index contributed by atoms with van der Waals surface area (Å²) >= 11 is 3.45. The van der Waals surface area contributed by atoms with Crippen molar-refractivity contribution in [2.24, 2.45) is 5.92 Å². The van der Waals surface area contributed by atoms with Crippen LogP contribution in [-0.4, -0.2) is 36.3 Å². The molecule has 2 rings (SSSR count). The Kier molecular flexibility index (Phi) is 4.80. The molecule has 1 atom stereocenters. The molecule has 1 aliphatic rings. The molecule has 0 saturated carbocycles. The summed E-state index contributed by atoms with van der Waals surface area (Å²) < 4.78 is 19.0. The van der Waals surface area contributed by atoms with E-state index < -0.39 is 5.82 Å². The Bertz CT molecular complexity index is 467. The van der Waals surface area contributed by atoms with Gasteiger partial charge in [-0.2, -0.15) is 0 Å². The van der Waals surface area contributed by atoms with Crippen molar-refractivity contribution in [3.63, 3.8) is 0 Å². The number of halogens is 2. The number of nitrogens with zero attached hydrogens (tertiary/aromatic N) is 1. The predicted molar refractivity (Wildman–Crippen MR) is 75.4 cm³/mol. The first-order valence-corrected chi connectivity index (χ1v) is 7.47. The first-order chi connectivity index (χ1) is 9.17. The summed E-state index contributed by atoms with van der Waals surface area (Å²) in [7, 11) is 1.45. The van der Waals surface area contributed by atoms with E-state index in [0.717, 1.165) is 18.2 Å². The lowest BCUT2D eigenvalue weighted by Gasteiger charge is -2.32. The SMILES string of the molecule is COc1cccc(F)c1C(=O)N1CCCC(CBr)C1. The highest BCUT2D eigenvalue weighted by Crippen LogP contribution is 2.26. The van der Waals surface area contributed by atoms with Crippen molar-refractivity contribution < 1.29 is 13.9 Å². The van der Waals surface area contributed by atoms with Gasteiger partial charge in [0.05, 0.1) is 7.11 Å². The first-order valence-electron chi connectivity index (χ1n) is 6.35. The Labute approximate surface area is 120 Å². The van der Waals surface area contributed by atoms with Crippen molar-refractivity contribution in [3.05, 3.63) is 29.6 Å².